The third kappa shape index (κ3) is 2.43. The number of H-pyrrole nitrogens is 1. The molecule has 0 atom stereocenters. The Hall–Kier alpha value is -1.68. The molecule has 0 bridgehead atoms. The number of nitrogens with one attached hydrogen (secondary N) is 1. The molecular weight excluding hydrogens is 260 g/mol. The highest BCUT2D eigenvalue weighted by molar-refractivity contribution is 6.18. The van der Waals surface area contributed by atoms with Gasteiger partial charge in [-0.1, -0.05) is 12.1 Å². The molecular formula is C13H10ClF2NO. The maximum Gasteiger partial charge on any atom is 0.248 e. The van der Waals surface area contributed by atoms with E-state index in [4.69, 9.17) is 11.6 Å². The van der Waals surface area contributed by atoms with Crippen molar-refractivity contribution in [3.8, 4) is 11.3 Å². The number of hydrogen-bond donors (Lipinski definition) is 1. The van der Waals surface area contributed by atoms with Gasteiger partial charge in [-0.15, -0.1) is 11.6 Å². The number of aryl methyl sites for hydroxylation is 1. The van der Waals surface area contributed by atoms with Gasteiger partial charge in [0.05, 0.1) is 11.3 Å². The van der Waals surface area contributed by atoms with E-state index in [1.807, 2.05) is 0 Å². The normalized spacial score (nSPS) is 10.6. The fourth-order valence-electron chi connectivity index (χ4n) is 1.77. The van der Waals surface area contributed by atoms with Crippen LogP contribution in [0, 0.1) is 11.6 Å². The molecule has 0 aliphatic heterocycles. The number of benzene rings is 1. The van der Waals surface area contributed by atoms with Crippen molar-refractivity contribution in [3.63, 3.8) is 0 Å². The molecule has 1 aromatic carbocycles. The van der Waals surface area contributed by atoms with Crippen LogP contribution in [-0.4, -0.2) is 10.9 Å². The van der Waals surface area contributed by atoms with Gasteiger partial charge in [-0.3, -0.25) is 4.79 Å². The highest BCUT2D eigenvalue weighted by atomic mass is 35.5. The van der Waals surface area contributed by atoms with E-state index < -0.39 is 17.2 Å². The molecule has 18 heavy (non-hydrogen) atoms. The molecule has 5 heteroatoms. The summed E-state index contributed by atoms with van der Waals surface area (Å²) in [7, 11) is 0. The number of pyridine rings is 1. The highest BCUT2D eigenvalue weighted by Gasteiger charge is 2.15. The van der Waals surface area contributed by atoms with E-state index in [-0.39, 0.29) is 11.3 Å². The average molecular weight is 270 g/mol. The second-order valence-electron chi connectivity index (χ2n) is 3.76. The lowest BCUT2D eigenvalue weighted by atomic mass is 10.0. The maximum absolute atomic E-state index is 13.7. The molecule has 2 rings (SSSR count). The molecule has 0 amide bonds. The lowest BCUT2D eigenvalue weighted by Gasteiger charge is -2.09. The summed E-state index contributed by atoms with van der Waals surface area (Å²) in [5.41, 5.74) is 0.119. The van der Waals surface area contributed by atoms with E-state index in [1.54, 1.807) is 0 Å². The Balaban J connectivity index is 2.69. The van der Waals surface area contributed by atoms with Gasteiger partial charge in [0.15, 0.2) is 0 Å². The van der Waals surface area contributed by atoms with Crippen molar-refractivity contribution in [1.29, 1.82) is 0 Å². The predicted molar refractivity (Wildman–Crippen MR) is 66.8 cm³/mol. The first-order valence-electron chi connectivity index (χ1n) is 5.36. The van der Waals surface area contributed by atoms with Gasteiger partial charge in [0, 0.05) is 11.9 Å². The van der Waals surface area contributed by atoms with Crippen molar-refractivity contribution in [2.75, 3.05) is 5.88 Å². The van der Waals surface area contributed by atoms with Gasteiger partial charge in [-0.05, 0) is 24.1 Å². The van der Waals surface area contributed by atoms with E-state index in [0.29, 0.717) is 17.9 Å². The first kappa shape index (κ1) is 12.8. The third-order valence-electron chi connectivity index (χ3n) is 2.58. The second-order valence-corrected chi connectivity index (χ2v) is 4.14. The summed E-state index contributed by atoms with van der Waals surface area (Å²) in [4.78, 5) is 13.8. The van der Waals surface area contributed by atoms with Crippen molar-refractivity contribution in [1.82, 2.24) is 4.98 Å². The number of aromatic nitrogens is 1. The molecule has 2 nitrogen and oxygen atoms in total. The van der Waals surface area contributed by atoms with Gasteiger partial charge >= 0.3 is 0 Å². The second kappa shape index (κ2) is 5.31. The maximum atomic E-state index is 13.7. The molecule has 0 unspecified atom stereocenters. The van der Waals surface area contributed by atoms with Crippen LogP contribution in [0.15, 0.2) is 35.1 Å². The van der Waals surface area contributed by atoms with Gasteiger partial charge in [0.1, 0.15) is 11.6 Å². The molecule has 0 radical (unpaired) electrons. The summed E-state index contributed by atoms with van der Waals surface area (Å²) in [6.45, 7) is 0. The molecule has 0 saturated heterocycles. The molecule has 0 aliphatic carbocycles. The summed E-state index contributed by atoms with van der Waals surface area (Å²) in [5.74, 6) is -1.13. The standard InChI is InChI=1S/C13H10ClF2NO/c14-7-6-8-4-5-11(18)17-13(8)12-9(15)2-1-3-10(12)16/h1-5H,6-7H2,(H,17,18). The molecule has 0 saturated carbocycles. The topological polar surface area (TPSA) is 32.9 Å². The number of alkyl halides is 1. The van der Waals surface area contributed by atoms with Crippen LogP contribution in [0.3, 0.4) is 0 Å². The van der Waals surface area contributed by atoms with Crippen LogP contribution < -0.4 is 5.56 Å². The lowest BCUT2D eigenvalue weighted by Crippen LogP contribution is -2.09. The van der Waals surface area contributed by atoms with E-state index in [9.17, 15) is 13.6 Å². The van der Waals surface area contributed by atoms with Gasteiger partial charge in [0.25, 0.3) is 0 Å². The van der Waals surface area contributed by atoms with Crippen LogP contribution >= 0.6 is 11.6 Å². The van der Waals surface area contributed by atoms with Crippen molar-refractivity contribution in [2.24, 2.45) is 0 Å². The molecule has 0 aliphatic rings. The summed E-state index contributed by atoms with van der Waals surface area (Å²) in [5, 5.41) is 0. The highest BCUT2D eigenvalue weighted by Crippen LogP contribution is 2.26. The zero-order valence-corrected chi connectivity index (χ0v) is 10.1. The Morgan fingerprint density at radius 1 is 1.11 bits per heavy atom. The van der Waals surface area contributed by atoms with E-state index >= 15 is 0 Å². The average Bonchev–Trinajstić information content (AvgIpc) is 2.32. The summed E-state index contributed by atoms with van der Waals surface area (Å²) in [6.07, 6.45) is 0.418. The SMILES string of the molecule is O=c1ccc(CCCl)c(-c2c(F)cccc2F)[nH]1. The summed E-state index contributed by atoms with van der Waals surface area (Å²) < 4.78 is 27.4. The Morgan fingerprint density at radius 2 is 1.78 bits per heavy atom. The van der Waals surface area contributed by atoms with Gasteiger partial charge < -0.3 is 4.98 Å². The van der Waals surface area contributed by atoms with Crippen molar-refractivity contribution in [3.05, 3.63) is 57.9 Å². The summed E-state index contributed by atoms with van der Waals surface area (Å²) >= 11 is 5.64. The van der Waals surface area contributed by atoms with Crippen LogP contribution in [0.25, 0.3) is 11.3 Å². The van der Waals surface area contributed by atoms with E-state index in [0.717, 1.165) is 12.1 Å². The van der Waals surface area contributed by atoms with Crippen LogP contribution in [0.5, 0.6) is 0 Å². The predicted octanol–water partition coefficient (Wildman–Crippen LogP) is 3.10. The fraction of sp³-hybridized carbons (Fsp3) is 0.154. The van der Waals surface area contributed by atoms with Gasteiger partial charge in [-0.2, -0.15) is 0 Å². The molecule has 0 fully saturated rings. The van der Waals surface area contributed by atoms with E-state index in [1.165, 1.54) is 18.2 Å². The van der Waals surface area contributed by atoms with Crippen molar-refractivity contribution >= 4 is 11.6 Å². The minimum atomic E-state index is -0.715. The Labute approximate surface area is 107 Å². The molecule has 94 valence electrons. The fourth-order valence-corrected chi connectivity index (χ4v) is 1.98. The number of rotatable bonds is 3. The molecule has 2 aromatic rings. The van der Waals surface area contributed by atoms with Crippen LogP contribution in [0.4, 0.5) is 8.78 Å². The monoisotopic (exact) mass is 269 g/mol. The largest absolute Gasteiger partial charge is 0.321 e. The molecule has 1 heterocycles. The number of halogens is 3. The van der Waals surface area contributed by atoms with Crippen LogP contribution in [-0.2, 0) is 6.42 Å². The zero-order chi connectivity index (χ0) is 13.1. The Kier molecular flexibility index (Phi) is 3.77. The summed E-state index contributed by atoms with van der Waals surface area (Å²) in [6, 6.07) is 6.41. The quantitative estimate of drug-likeness (QED) is 0.854. The van der Waals surface area contributed by atoms with Crippen LogP contribution in [0.2, 0.25) is 0 Å². The minimum Gasteiger partial charge on any atom is -0.321 e. The molecule has 1 aromatic heterocycles. The zero-order valence-electron chi connectivity index (χ0n) is 9.34. The van der Waals surface area contributed by atoms with Gasteiger partial charge in [-0.25, -0.2) is 8.78 Å². The smallest absolute Gasteiger partial charge is 0.248 e. The molecule has 0 spiro atoms. The number of aromatic amines is 1. The number of hydrogen-bond acceptors (Lipinski definition) is 1. The molecule has 1 N–H and O–H groups in total. The Bertz CT molecular complexity index is 604. The van der Waals surface area contributed by atoms with Crippen molar-refractivity contribution in [2.45, 2.75) is 6.42 Å². The van der Waals surface area contributed by atoms with Gasteiger partial charge in [0.2, 0.25) is 5.56 Å². The minimum absolute atomic E-state index is 0.152. The third-order valence-corrected chi connectivity index (χ3v) is 2.77. The first-order chi connectivity index (χ1) is 8.63. The van der Waals surface area contributed by atoms with Crippen LogP contribution in [0.1, 0.15) is 5.56 Å². The van der Waals surface area contributed by atoms with E-state index in [2.05, 4.69) is 4.98 Å². The van der Waals surface area contributed by atoms with Crippen molar-refractivity contribution < 1.29 is 8.78 Å². The lowest BCUT2D eigenvalue weighted by molar-refractivity contribution is 0.588. The first-order valence-corrected chi connectivity index (χ1v) is 5.89. The Morgan fingerprint density at radius 3 is 2.39 bits per heavy atom.